The maximum absolute atomic E-state index is 13.0. The molecule has 0 spiro atoms. The lowest BCUT2D eigenvalue weighted by molar-refractivity contribution is -0.915. The maximum atomic E-state index is 13.0. The highest BCUT2D eigenvalue weighted by Crippen LogP contribution is 2.26. The van der Waals surface area contributed by atoms with Crippen molar-refractivity contribution < 1.29 is 24.3 Å². The average molecular weight is 382 g/mol. The molecule has 4 rings (SSSR count). The van der Waals surface area contributed by atoms with E-state index in [2.05, 4.69) is 4.90 Å². The van der Waals surface area contributed by atoms with E-state index >= 15 is 0 Å². The predicted octanol–water partition coefficient (Wildman–Crippen LogP) is 0.438. The molecule has 2 amide bonds. The number of hydrogen-bond acceptors (Lipinski definition) is 5. The lowest BCUT2D eigenvalue weighted by Crippen LogP contribution is -3.19. The first kappa shape index (κ1) is 18.3. The number of amides is 2. The van der Waals surface area contributed by atoms with Gasteiger partial charge in [-0.1, -0.05) is 6.07 Å². The van der Waals surface area contributed by atoms with Gasteiger partial charge in [-0.3, -0.25) is 9.59 Å². The average Bonchev–Trinajstić information content (AvgIpc) is 3.03. The number of phenolic OH excluding ortho intramolecular Hbond substituents is 1. The molecule has 2 N–H and O–H groups in total. The van der Waals surface area contributed by atoms with Gasteiger partial charge in [0, 0.05) is 11.8 Å². The molecule has 1 atom stereocenters. The van der Waals surface area contributed by atoms with Gasteiger partial charge in [-0.05, 0) is 36.4 Å². The molecular weight excluding hydrogens is 358 g/mol. The van der Waals surface area contributed by atoms with Gasteiger partial charge >= 0.3 is 0 Å². The van der Waals surface area contributed by atoms with Crippen LogP contribution < -0.4 is 19.4 Å². The fourth-order valence-corrected chi connectivity index (χ4v) is 4.04. The summed E-state index contributed by atoms with van der Waals surface area (Å²) in [5.41, 5.74) is 1.63. The van der Waals surface area contributed by atoms with E-state index in [9.17, 15) is 14.7 Å². The van der Waals surface area contributed by atoms with Crippen molar-refractivity contribution in [3.63, 3.8) is 0 Å². The van der Waals surface area contributed by atoms with Gasteiger partial charge in [-0.25, -0.2) is 4.90 Å². The summed E-state index contributed by atoms with van der Waals surface area (Å²) >= 11 is 0. The highest BCUT2D eigenvalue weighted by molar-refractivity contribution is 6.21. The van der Waals surface area contributed by atoms with E-state index in [-0.39, 0.29) is 30.0 Å². The molecule has 7 nitrogen and oxygen atoms in total. The molecule has 28 heavy (non-hydrogen) atoms. The molecule has 7 heteroatoms. The number of carbonyl (C=O) groups excluding carboxylic acids is 2. The predicted molar refractivity (Wildman–Crippen MR) is 105 cm³/mol. The summed E-state index contributed by atoms with van der Waals surface area (Å²) in [5, 5.41) is 9.44. The Bertz CT molecular complexity index is 875. The van der Waals surface area contributed by atoms with Crippen molar-refractivity contribution in [2.45, 2.75) is 12.5 Å². The van der Waals surface area contributed by atoms with Crippen molar-refractivity contribution in [3.8, 4) is 11.5 Å². The van der Waals surface area contributed by atoms with Gasteiger partial charge in [0.05, 0.1) is 45.4 Å². The highest BCUT2D eigenvalue weighted by Gasteiger charge is 2.46. The molecule has 146 valence electrons. The molecule has 2 aromatic rings. The second-order valence-corrected chi connectivity index (χ2v) is 7.19. The molecule has 0 unspecified atom stereocenters. The molecule has 2 aliphatic rings. The number of piperazine rings is 1. The fourth-order valence-electron chi connectivity index (χ4n) is 4.04. The Labute approximate surface area is 163 Å². The largest absolute Gasteiger partial charge is 0.508 e. The van der Waals surface area contributed by atoms with Crippen molar-refractivity contribution >= 4 is 23.2 Å². The lowest BCUT2D eigenvalue weighted by atomic mass is 10.1. The minimum absolute atomic E-state index is 0.133. The summed E-state index contributed by atoms with van der Waals surface area (Å²) in [7, 11) is 1.56. The van der Waals surface area contributed by atoms with E-state index in [4.69, 9.17) is 4.74 Å². The highest BCUT2D eigenvalue weighted by atomic mass is 16.5. The van der Waals surface area contributed by atoms with Gasteiger partial charge in [0.1, 0.15) is 11.5 Å². The second kappa shape index (κ2) is 7.52. The Hall–Kier alpha value is -3.06. The summed E-state index contributed by atoms with van der Waals surface area (Å²) in [5.74, 6) is 0.583. The number of imide groups is 1. The number of carbonyl (C=O) groups is 2. The number of hydrogen-bond donors (Lipinski definition) is 2. The van der Waals surface area contributed by atoms with Crippen LogP contribution in [-0.2, 0) is 9.59 Å². The first-order valence-corrected chi connectivity index (χ1v) is 9.46. The van der Waals surface area contributed by atoms with Gasteiger partial charge < -0.3 is 19.6 Å². The third-order valence-electron chi connectivity index (χ3n) is 5.57. The Balaban J connectivity index is 1.44. The standard InChI is InChI=1S/C21H23N3O4/c1-28-18-4-2-3-16(13-18)24-20(26)14-19(21(24)27)23-11-9-22(10-12-23)15-5-7-17(25)8-6-15/h2-8,13,19,25H,9-12,14H2,1H3/p+1/t19-/m1/s1. The van der Waals surface area contributed by atoms with Crippen molar-refractivity contribution in [3.05, 3.63) is 48.5 Å². The number of ether oxygens (including phenoxy) is 1. The number of benzene rings is 2. The lowest BCUT2D eigenvalue weighted by Gasteiger charge is -2.35. The van der Waals surface area contributed by atoms with Crippen LogP contribution in [0, 0.1) is 0 Å². The van der Waals surface area contributed by atoms with Crippen LogP contribution >= 0.6 is 0 Å². The third kappa shape index (κ3) is 3.41. The molecule has 2 saturated heterocycles. The van der Waals surface area contributed by atoms with Crippen LogP contribution in [0.25, 0.3) is 0 Å². The second-order valence-electron chi connectivity index (χ2n) is 7.19. The van der Waals surface area contributed by atoms with Crippen LogP contribution in [0.3, 0.4) is 0 Å². The Morgan fingerprint density at radius 2 is 1.75 bits per heavy atom. The normalized spacial score (nSPS) is 20.7. The molecule has 0 saturated carbocycles. The van der Waals surface area contributed by atoms with E-state index < -0.39 is 0 Å². The maximum Gasteiger partial charge on any atom is 0.292 e. The van der Waals surface area contributed by atoms with E-state index in [0.29, 0.717) is 11.4 Å². The van der Waals surface area contributed by atoms with Crippen molar-refractivity contribution in [2.75, 3.05) is 43.1 Å². The number of rotatable bonds is 4. The van der Waals surface area contributed by atoms with Crippen molar-refractivity contribution in [2.24, 2.45) is 0 Å². The van der Waals surface area contributed by atoms with Crippen LogP contribution in [0.1, 0.15) is 6.42 Å². The van der Waals surface area contributed by atoms with Crippen molar-refractivity contribution in [1.82, 2.24) is 0 Å². The Kier molecular flexibility index (Phi) is 4.92. The zero-order valence-electron chi connectivity index (χ0n) is 15.8. The van der Waals surface area contributed by atoms with Crippen LogP contribution in [0.5, 0.6) is 11.5 Å². The summed E-state index contributed by atoms with van der Waals surface area (Å²) in [6.07, 6.45) is 0.241. The number of nitrogens with zero attached hydrogens (tertiary/aromatic N) is 2. The number of anilines is 2. The molecular formula is C21H24N3O4+. The molecule has 0 bridgehead atoms. The van der Waals surface area contributed by atoms with Crippen LogP contribution in [0.4, 0.5) is 11.4 Å². The first-order valence-electron chi connectivity index (χ1n) is 9.46. The smallest absolute Gasteiger partial charge is 0.292 e. The van der Waals surface area contributed by atoms with E-state index in [1.807, 2.05) is 12.1 Å². The molecule has 2 heterocycles. The van der Waals surface area contributed by atoms with E-state index in [1.165, 1.54) is 4.90 Å². The number of quaternary nitrogens is 1. The Morgan fingerprint density at radius 1 is 1.04 bits per heavy atom. The van der Waals surface area contributed by atoms with Gasteiger partial charge in [-0.15, -0.1) is 0 Å². The monoisotopic (exact) mass is 382 g/mol. The first-order chi connectivity index (χ1) is 13.6. The van der Waals surface area contributed by atoms with E-state index in [1.54, 1.807) is 43.5 Å². The summed E-state index contributed by atoms with van der Waals surface area (Å²) in [6.45, 7) is 3.18. The van der Waals surface area contributed by atoms with Gasteiger partial charge in [0.2, 0.25) is 5.91 Å². The molecule has 2 aliphatic heterocycles. The molecule has 2 aromatic carbocycles. The zero-order valence-corrected chi connectivity index (χ0v) is 15.8. The van der Waals surface area contributed by atoms with Gasteiger partial charge in [0.15, 0.2) is 6.04 Å². The molecule has 2 fully saturated rings. The molecule has 0 aliphatic carbocycles. The minimum Gasteiger partial charge on any atom is -0.508 e. The van der Waals surface area contributed by atoms with Crippen LogP contribution in [0.2, 0.25) is 0 Å². The number of phenols is 1. The van der Waals surface area contributed by atoms with Crippen LogP contribution in [0.15, 0.2) is 48.5 Å². The Morgan fingerprint density at radius 3 is 2.43 bits per heavy atom. The number of methoxy groups -OCH3 is 1. The fraction of sp³-hybridized carbons (Fsp3) is 0.333. The summed E-state index contributed by atoms with van der Waals surface area (Å²) in [4.78, 5) is 30.3. The number of aromatic hydroxyl groups is 1. The van der Waals surface area contributed by atoms with Crippen LogP contribution in [-0.4, -0.2) is 56.3 Å². The number of nitrogens with one attached hydrogen (secondary N) is 1. The van der Waals surface area contributed by atoms with Crippen molar-refractivity contribution in [1.29, 1.82) is 0 Å². The quantitative estimate of drug-likeness (QED) is 0.751. The SMILES string of the molecule is COc1cccc(N2C(=O)C[C@@H]([NH+]3CCN(c4ccc(O)cc4)CC3)C2=O)c1. The minimum atomic E-state index is -0.333. The summed E-state index contributed by atoms with van der Waals surface area (Å²) < 4.78 is 5.21. The molecule has 0 aromatic heterocycles. The molecule has 0 radical (unpaired) electrons. The third-order valence-corrected chi connectivity index (χ3v) is 5.57. The van der Waals surface area contributed by atoms with Gasteiger partial charge in [-0.2, -0.15) is 0 Å². The van der Waals surface area contributed by atoms with E-state index in [0.717, 1.165) is 36.8 Å². The zero-order chi connectivity index (χ0) is 19.7. The van der Waals surface area contributed by atoms with Gasteiger partial charge in [0.25, 0.3) is 5.91 Å². The topological polar surface area (TPSA) is 74.5 Å². The summed E-state index contributed by atoms with van der Waals surface area (Å²) in [6, 6.07) is 13.9.